The van der Waals surface area contributed by atoms with Crippen LogP contribution in [-0.4, -0.2) is 37.0 Å². The summed E-state index contributed by atoms with van der Waals surface area (Å²) in [5.41, 5.74) is 4.37. The van der Waals surface area contributed by atoms with E-state index in [0.29, 0.717) is 11.8 Å². The average molecular weight is 671 g/mol. The van der Waals surface area contributed by atoms with Gasteiger partial charge in [-0.25, -0.2) is 0 Å². The summed E-state index contributed by atoms with van der Waals surface area (Å²) in [6.45, 7) is 4.28. The molecule has 0 bridgehead atoms. The molecule has 1 heterocycles. The van der Waals surface area contributed by atoms with Gasteiger partial charge < -0.3 is 0 Å². The minimum atomic E-state index is -1.21. The second-order valence-electron chi connectivity index (χ2n) is 7.55. The number of anilines is 1. The van der Waals surface area contributed by atoms with Crippen molar-refractivity contribution in [3.8, 4) is 0 Å². The van der Waals surface area contributed by atoms with Crippen molar-refractivity contribution >= 4 is 54.0 Å². The molecule has 0 amide bonds. The Morgan fingerprint density at radius 1 is 1.26 bits per heavy atom. The molecule has 1 aliphatic rings. The third-order valence-electron chi connectivity index (χ3n) is 5.77. The third kappa shape index (κ3) is 5.04. The van der Waals surface area contributed by atoms with Gasteiger partial charge in [0, 0.05) is 0 Å². The first-order valence-corrected chi connectivity index (χ1v) is 12.9. The third-order valence-corrected chi connectivity index (χ3v) is 7.69. The van der Waals surface area contributed by atoms with Gasteiger partial charge in [0.1, 0.15) is 0 Å². The van der Waals surface area contributed by atoms with E-state index >= 15 is 0 Å². The molecule has 2 nitrogen and oxygen atoms in total. The molecule has 0 saturated heterocycles. The van der Waals surface area contributed by atoms with Crippen LogP contribution in [-0.2, 0) is 1.23 Å². The monoisotopic (exact) mass is 671 g/mol. The molecule has 27 heavy (non-hydrogen) atoms. The van der Waals surface area contributed by atoms with E-state index in [0.717, 1.165) is 30.5 Å². The van der Waals surface area contributed by atoms with E-state index in [1.807, 2.05) is 47.7 Å². The molecule has 142 valence electrons. The second-order valence-corrected chi connectivity index (χ2v) is 16.8. The van der Waals surface area contributed by atoms with Gasteiger partial charge >= 0.3 is 192 Å². The average Bonchev–Trinajstić information content (AvgIpc) is 2.66. The molecule has 0 spiro atoms. The zero-order valence-corrected chi connectivity index (χ0v) is 22.5. The Kier molecular flexibility index (Phi) is 7.22. The number of fused-ring (bicyclic) bond motifs is 1. The second kappa shape index (κ2) is 9.07. The fraction of sp³-hybridized carbons (Fsp3) is 0.455. The number of aliphatic hydroxyl groups excluding tert-OH is 1. The Labute approximate surface area is 191 Å². The van der Waals surface area contributed by atoms with Crippen molar-refractivity contribution in [3.05, 3.63) is 65.2 Å². The molecule has 1 unspecified atom stereocenters. The molecule has 2 N–H and O–H groups in total. The summed E-state index contributed by atoms with van der Waals surface area (Å²) in [5.74, 6) is 0.662. The van der Waals surface area contributed by atoms with Crippen LogP contribution in [0.25, 0.3) is 0 Å². The van der Waals surface area contributed by atoms with Gasteiger partial charge in [0.2, 0.25) is 0 Å². The van der Waals surface area contributed by atoms with E-state index in [4.69, 9.17) is 0 Å². The first-order valence-electron chi connectivity index (χ1n) is 9.62. The van der Waals surface area contributed by atoms with E-state index in [1.54, 1.807) is 0 Å². The van der Waals surface area contributed by atoms with Gasteiger partial charge in [0.25, 0.3) is 0 Å². The van der Waals surface area contributed by atoms with E-state index in [2.05, 4.69) is 42.6 Å². The van der Waals surface area contributed by atoms with Gasteiger partial charge in [-0.15, -0.1) is 0 Å². The number of alkyl halides is 2. The Morgan fingerprint density at radius 3 is 2.59 bits per heavy atom. The van der Waals surface area contributed by atoms with E-state index in [-0.39, 0.29) is 37.9 Å². The normalized spacial score (nSPS) is 25.1. The van der Waals surface area contributed by atoms with Crippen LogP contribution in [0.3, 0.4) is 0 Å². The molecule has 5 heteroatoms. The summed E-state index contributed by atoms with van der Waals surface area (Å²) in [7, 11) is 0. The maximum atomic E-state index is 14.6. The molecule has 2 aromatic carbocycles. The zero-order chi connectivity index (χ0) is 19.6. The van der Waals surface area contributed by atoms with Crippen LogP contribution < -0.4 is 5.32 Å². The number of hydrogen-bond donors (Lipinski definition) is 2. The Hall–Kier alpha value is -0.218. The molecule has 0 radical (unpaired) electrons. The molecule has 3 rings (SSSR count). The molecule has 2 aromatic rings. The van der Waals surface area contributed by atoms with Crippen molar-refractivity contribution in [2.24, 2.45) is 5.92 Å². The van der Waals surface area contributed by atoms with Crippen molar-refractivity contribution < 1.29 is 9.50 Å². The summed E-state index contributed by atoms with van der Waals surface area (Å²) in [5, 5.41) is 13.8. The summed E-state index contributed by atoms with van der Waals surface area (Å²) in [6, 6.07) is 16.8. The predicted octanol–water partition coefficient (Wildman–Crippen LogP) is 5.81. The SMILES string of the molecule is CC[C@H](O)CC[C@@H]1[C@H](C)c2cc([C](F)(I)[Tl])ccc2N[C@H]1c1ccccc1. The predicted molar refractivity (Wildman–Crippen MR) is 119 cm³/mol. The summed E-state index contributed by atoms with van der Waals surface area (Å²) < 4.78 is 13.4. The topological polar surface area (TPSA) is 32.3 Å². The van der Waals surface area contributed by atoms with Crippen LogP contribution in [0, 0.1) is 5.92 Å². The molecular weight excluding hydrogens is 645 g/mol. The van der Waals surface area contributed by atoms with E-state index in [9.17, 15) is 9.50 Å². The zero-order valence-electron chi connectivity index (χ0n) is 15.8. The van der Waals surface area contributed by atoms with Crippen LogP contribution in [0.1, 0.15) is 61.8 Å². The van der Waals surface area contributed by atoms with E-state index in [1.165, 1.54) is 11.1 Å². The number of aliphatic hydroxyl groups is 1. The minimum absolute atomic E-state index is 0.205. The quantitative estimate of drug-likeness (QED) is 0.231. The number of benzene rings is 2. The summed E-state index contributed by atoms with van der Waals surface area (Å²) in [6.07, 6.45) is 2.27. The van der Waals surface area contributed by atoms with Crippen LogP contribution in [0.4, 0.5) is 10.1 Å². The van der Waals surface area contributed by atoms with Crippen molar-refractivity contribution in [3.63, 3.8) is 0 Å². The molecule has 0 saturated carbocycles. The Morgan fingerprint density at radius 2 is 1.96 bits per heavy atom. The fourth-order valence-corrected chi connectivity index (χ4v) is 5.10. The number of rotatable bonds is 6. The molecule has 0 fully saturated rings. The number of nitrogens with one attached hydrogen (secondary N) is 1. The molecule has 0 aromatic heterocycles. The van der Waals surface area contributed by atoms with Crippen LogP contribution in [0.5, 0.6) is 0 Å². The van der Waals surface area contributed by atoms with Crippen molar-refractivity contribution in [2.75, 3.05) is 5.32 Å². The molecular formula is C22H26FINOTl. The van der Waals surface area contributed by atoms with Crippen LogP contribution >= 0.6 is 22.6 Å². The van der Waals surface area contributed by atoms with Gasteiger partial charge in [0.05, 0.1) is 0 Å². The van der Waals surface area contributed by atoms with Gasteiger partial charge in [-0.1, -0.05) is 0 Å². The first kappa shape index (κ1) is 21.5. The van der Waals surface area contributed by atoms with Crippen LogP contribution in [0.15, 0.2) is 48.5 Å². The van der Waals surface area contributed by atoms with Crippen LogP contribution in [0.2, 0.25) is 0 Å². The van der Waals surface area contributed by atoms with Gasteiger partial charge in [-0.3, -0.25) is 0 Å². The van der Waals surface area contributed by atoms with E-state index < -0.39 is 1.23 Å². The van der Waals surface area contributed by atoms with Gasteiger partial charge in [-0.05, 0) is 0 Å². The molecule has 0 aliphatic carbocycles. The summed E-state index contributed by atoms with van der Waals surface area (Å²) in [4.78, 5) is 0. The van der Waals surface area contributed by atoms with Crippen molar-refractivity contribution in [1.29, 1.82) is 0 Å². The number of halogens is 2. The first-order chi connectivity index (χ1) is 12.8. The van der Waals surface area contributed by atoms with Gasteiger partial charge in [0.15, 0.2) is 0 Å². The Bertz CT molecular complexity index is 765. The fourth-order valence-electron chi connectivity index (χ4n) is 4.07. The standard InChI is InChI=1S/C22H26FINO.Tl/c1-3-17(26)10-11-18-14(2)19-13-16(22(23)24)9-12-20(19)25-21(18)15-7-5-4-6-8-15;/h4-9,12-14,17-18,21,25-26H,3,10-11H2,1-2H3;/t14-,17-,18+,21-;/m0./s1. The molecule has 1 aliphatic heterocycles. The number of hydrogen-bond acceptors (Lipinski definition) is 2. The van der Waals surface area contributed by atoms with Crippen molar-refractivity contribution in [1.82, 2.24) is 0 Å². The van der Waals surface area contributed by atoms with Crippen molar-refractivity contribution in [2.45, 2.75) is 52.4 Å². The maximum absolute atomic E-state index is 14.6. The summed E-state index contributed by atoms with van der Waals surface area (Å²) >= 11 is 2.16. The van der Waals surface area contributed by atoms with Gasteiger partial charge in [-0.2, -0.15) is 0 Å². The Balaban J connectivity index is 1.97. The molecule has 5 atom stereocenters.